The highest BCUT2D eigenvalue weighted by Gasteiger charge is 2.19. The summed E-state index contributed by atoms with van der Waals surface area (Å²) in [6, 6.07) is 9.57. The molecule has 0 saturated heterocycles. The number of methoxy groups -OCH3 is 1. The van der Waals surface area contributed by atoms with Crippen LogP contribution >= 0.6 is 0 Å². The molecule has 4 rings (SSSR count). The Hall–Kier alpha value is -3.41. The van der Waals surface area contributed by atoms with E-state index in [2.05, 4.69) is 0 Å². The maximum absolute atomic E-state index is 12.5. The molecule has 0 amide bonds. The Morgan fingerprint density at radius 2 is 1.75 bits per heavy atom. The molecule has 120 valence electrons. The summed E-state index contributed by atoms with van der Waals surface area (Å²) in [5.74, 6) is -0.0202. The first-order chi connectivity index (χ1) is 11.6. The number of hydrogen-bond acceptors (Lipinski definition) is 6. The second-order valence-electron chi connectivity index (χ2n) is 5.27. The number of ether oxygens (including phenoxy) is 1. The molecule has 0 radical (unpaired) electrons. The smallest absolute Gasteiger partial charge is 0.235 e. The van der Waals surface area contributed by atoms with E-state index in [0.29, 0.717) is 16.7 Å². The van der Waals surface area contributed by atoms with E-state index >= 15 is 0 Å². The van der Waals surface area contributed by atoms with E-state index in [4.69, 9.17) is 13.6 Å². The molecule has 2 N–H and O–H groups in total. The fourth-order valence-electron chi connectivity index (χ4n) is 2.70. The van der Waals surface area contributed by atoms with Gasteiger partial charge in [0, 0.05) is 5.56 Å². The van der Waals surface area contributed by atoms with Gasteiger partial charge >= 0.3 is 0 Å². The molecule has 2 aromatic heterocycles. The van der Waals surface area contributed by atoms with Gasteiger partial charge in [0.1, 0.15) is 11.3 Å². The summed E-state index contributed by atoms with van der Waals surface area (Å²) >= 11 is 0. The van der Waals surface area contributed by atoms with Gasteiger partial charge in [0.15, 0.2) is 17.1 Å². The number of phenols is 1. The van der Waals surface area contributed by atoms with E-state index < -0.39 is 11.2 Å². The summed E-state index contributed by atoms with van der Waals surface area (Å²) in [4.78, 5) is 12.5. The van der Waals surface area contributed by atoms with Crippen molar-refractivity contribution in [1.29, 1.82) is 0 Å². The molecule has 2 aromatic carbocycles. The van der Waals surface area contributed by atoms with Gasteiger partial charge in [-0.25, -0.2) is 0 Å². The van der Waals surface area contributed by atoms with Crippen LogP contribution in [0, 0.1) is 0 Å². The normalized spacial score (nSPS) is 11.2. The second kappa shape index (κ2) is 5.06. The summed E-state index contributed by atoms with van der Waals surface area (Å²) in [7, 11) is 1.55. The molecule has 0 atom stereocenters. The zero-order valence-corrected chi connectivity index (χ0v) is 12.6. The fraction of sp³-hybridized carbons (Fsp3) is 0.0556. The Kier molecular flexibility index (Phi) is 2.99. The van der Waals surface area contributed by atoms with Crippen molar-refractivity contribution in [3.63, 3.8) is 0 Å². The minimum atomic E-state index is -0.625. The van der Waals surface area contributed by atoms with Crippen molar-refractivity contribution in [2.24, 2.45) is 0 Å². The second-order valence-corrected chi connectivity index (χ2v) is 5.27. The standard InChI is InChI=1S/C18H12O6/c1-22-10-4-2-9(3-5-10)16-15(21)14(20)12-8-13(19)18-11(6-7-23-18)17(12)24-16/h2-8,19,21H,1H3. The highest BCUT2D eigenvalue weighted by Crippen LogP contribution is 2.37. The molecule has 4 aromatic rings. The van der Waals surface area contributed by atoms with Crippen molar-refractivity contribution in [2.75, 3.05) is 7.11 Å². The predicted molar refractivity (Wildman–Crippen MR) is 87.6 cm³/mol. The van der Waals surface area contributed by atoms with Gasteiger partial charge in [-0.15, -0.1) is 0 Å². The molecule has 2 heterocycles. The van der Waals surface area contributed by atoms with Crippen LogP contribution in [-0.2, 0) is 0 Å². The lowest BCUT2D eigenvalue weighted by Crippen LogP contribution is -2.02. The van der Waals surface area contributed by atoms with Gasteiger partial charge in [-0.1, -0.05) is 0 Å². The van der Waals surface area contributed by atoms with Crippen LogP contribution in [0.1, 0.15) is 0 Å². The first kappa shape index (κ1) is 14.2. The molecular weight excluding hydrogens is 312 g/mol. The summed E-state index contributed by atoms with van der Waals surface area (Å²) in [5.41, 5.74) is 0.361. The maximum Gasteiger partial charge on any atom is 0.235 e. The van der Waals surface area contributed by atoms with Crippen LogP contribution in [0.2, 0.25) is 0 Å². The zero-order chi connectivity index (χ0) is 16.8. The Morgan fingerprint density at radius 1 is 1.00 bits per heavy atom. The molecule has 0 bridgehead atoms. The van der Waals surface area contributed by atoms with Gasteiger partial charge in [0.25, 0.3) is 0 Å². The molecule has 6 nitrogen and oxygen atoms in total. The average Bonchev–Trinajstić information content (AvgIpc) is 3.10. The number of phenolic OH excluding ortho intramolecular Hbond substituents is 1. The molecule has 0 spiro atoms. The molecule has 0 aliphatic heterocycles. The summed E-state index contributed by atoms with van der Waals surface area (Å²) in [6.07, 6.45) is 1.39. The third kappa shape index (κ3) is 1.93. The molecular formula is C18H12O6. The van der Waals surface area contributed by atoms with Crippen LogP contribution in [0.5, 0.6) is 17.2 Å². The van der Waals surface area contributed by atoms with Crippen molar-refractivity contribution >= 4 is 21.9 Å². The lowest BCUT2D eigenvalue weighted by atomic mass is 10.1. The highest BCUT2D eigenvalue weighted by atomic mass is 16.5. The Labute approximate surface area is 135 Å². The largest absolute Gasteiger partial charge is 0.504 e. The number of furan rings is 1. The Morgan fingerprint density at radius 3 is 2.46 bits per heavy atom. The topological polar surface area (TPSA) is 93.0 Å². The molecule has 0 fully saturated rings. The summed E-state index contributed by atoms with van der Waals surface area (Å²) in [6.45, 7) is 0. The van der Waals surface area contributed by atoms with Gasteiger partial charge in [-0.3, -0.25) is 4.79 Å². The molecule has 0 saturated carbocycles. The summed E-state index contributed by atoms with van der Waals surface area (Å²) in [5, 5.41) is 20.7. The Bertz CT molecular complexity index is 1120. The quantitative estimate of drug-likeness (QED) is 0.585. The monoisotopic (exact) mass is 324 g/mol. The minimum absolute atomic E-state index is 0.0448. The molecule has 0 aliphatic carbocycles. The zero-order valence-electron chi connectivity index (χ0n) is 12.6. The van der Waals surface area contributed by atoms with Gasteiger partial charge in [-0.2, -0.15) is 0 Å². The van der Waals surface area contributed by atoms with Gasteiger partial charge in [0.2, 0.25) is 11.2 Å². The van der Waals surface area contributed by atoms with Crippen LogP contribution in [0.3, 0.4) is 0 Å². The number of fused-ring (bicyclic) bond motifs is 3. The van der Waals surface area contributed by atoms with Crippen LogP contribution < -0.4 is 10.2 Å². The van der Waals surface area contributed by atoms with Crippen molar-refractivity contribution in [2.45, 2.75) is 0 Å². The first-order valence-corrected chi connectivity index (χ1v) is 7.13. The fourth-order valence-corrected chi connectivity index (χ4v) is 2.70. The van der Waals surface area contributed by atoms with E-state index in [9.17, 15) is 15.0 Å². The number of rotatable bonds is 2. The van der Waals surface area contributed by atoms with Gasteiger partial charge < -0.3 is 23.8 Å². The van der Waals surface area contributed by atoms with Crippen LogP contribution in [0.4, 0.5) is 0 Å². The lowest BCUT2D eigenvalue weighted by molar-refractivity contribution is 0.414. The first-order valence-electron chi connectivity index (χ1n) is 7.13. The average molecular weight is 324 g/mol. The van der Waals surface area contributed by atoms with Crippen molar-refractivity contribution in [1.82, 2.24) is 0 Å². The van der Waals surface area contributed by atoms with Gasteiger partial charge in [-0.05, 0) is 36.4 Å². The number of aromatic hydroxyl groups is 2. The van der Waals surface area contributed by atoms with E-state index in [-0.39, 0.29) is 28.1 Å². The van der Waals surface area contributed by atoms with Crippen molar-refractivity contribution < 1.29 is 23.8 Å². The molecule has 0 unspecified atom stereocenters. The Balaban J connectivity index is 2.07. The molecule has 24 heavy (non-hydrogen) atoms. The third-order valence-electron chi connectivity index (χ3n) is 3.90. The van der Waals surface area contributed by atoms with Gasteiger partial charge in [0.05, 0.1) is 24.1 Å². The predicted octanol–water partition coefficient (Wildman–Crippen LogP) is 3.63. The van der Waals surface area contributed by atoms with E-state index in [0.717, 1.165) is 0 Å². The van der Waals surface area contributed by atoms with Crippen LogP contribution in [-0.4, -0.2) is 17.3 Å². The highest BCUT2D eigenvalue weighted by molar-refractivity contribution is 6.05. The van der Waals surface area contributed by atoms with Crippen molar-refractivity contribution in [3.8, 4) is 28.6 Å². The maximum atomic E-state index is 12.5. The third-order valence-corrected chi connectivity index (χ3v) is 3.90. The van der Waals surface area contributed by atoms with E-state index in [1.165, 1.54) is 12.3 Å². The summed E-state index contributed by atoms with van der Waals surface area (Å²) < 4.78 is 16.1. The SMILES string of the molecule is COc1ccc(-c2oc3c(cc(O)c4occc43)c(=O)c2O)cc1. The number of hydrogen-bond donors (Lipinski definition) is 2. The lowest BCUT2D eigenvalue weighted by Gasteiger charge is -2.08. The molecule has 6 heteroatoms. The minimum Gasteiger partial charge on any atom is -0.504 e. The van der Waals surface area contributed by atoms with E-state index in [1.54, 1.807) is 37.4 Å². The van der Waals surface area contributed by atoms with Crippen LogP contribution in [0.15, 0.2) is 56.3 Å². The number of benzene rings is 2. The van der Waals surface area contributed by atoms with Crippen molar-refractivity contribution in [3.05, 3.63) is 52.9 Å². The van der Waals surface area contributed by atoms with Crippen LogP contribution in [0.25, 0.3) is 33.3 Å². The molecule has 0 aliphatic rings. The van der Waals surface area contributed by atoms with E-state index in [1.807, 2.05) is 0 Å².